The van der Waals surface area contributed by atoms with E-state index in [9.17, 15) is 13.2 Å². The van der Waals surface area contributed by atoms with E-state index in [0.717, 1.165) is 17.4 Å². The maximum absolute atomic E-state index is 11.3. The molecule has 0 atom stereocenters. The van der Waals surface area contributed by atoms with Crippen LogP contribution in [0.5, 0.6) is 0 Å². The van der Waals surface area contributed by atoms with Crippen LogP contribution in [0, 0.1) is 0 Å². The van der Waals surface area contributed by atoms with Gasteiger partial charge in [0.1, 0.15) is 0 Å². The molecule has 0 aliphatic carbocycles. The topological polar surface area (TPSA) is 92.5 Å². The Bertz CT molecular complexity index is 583. The largest absolute Gasteiger partial charge is 0.351 e. The molecule has 0 bridgehead atoms. The number of amides is 2. The molecule has 0 aromatic heterocycles. The van der Waals surface area contributed by atoms with Gasteiger partial charge in [0.15, 0.2) is 0 Å². The first-order valence-corrected chi connectivity index (χ1v) is 7.39. The molecule has 2 amide bonds. The summed E-state index contributed by atoms with van der Waals surface area (Å²) in [5.41, 5.74) is 7.68. The van der Waals surface area contributed by atoms with Crippen LogP contribution in [0.2, 0.25) is 0 Å². The van der Waals surface area contributed by atoms with E-state index in [1.807, 2.05) is 6.07 Å². The van der Waals surface area contributed by atoms with Crippen molar-refractivity contribution in [3.8, 4) is 0 Å². The predicted molar refractivity (Wildman–Crippen MR) is 68.6 cm³/mol. The Morgan fingerprint density at radius 2 is 2.17 bits per heavy atom. The zero-order valence-corrected chi connectivity index (χ0v) is 10.8. The van der Waals surface area contributed by atoms with Gasteiger partial charge in [-0.2, -0.15) is 0 Å². The van der Waals surface area contributed by atoms with E-state index in [1.54, 1.807) is 12.1 Å². The minimum atomic E-state index is -3.30. The minimum Gasteiger partial charge on any atom is -0.351 e. The van der Waals surface area contributed by atoms with Crippen LogP contribution in [0.15, 0.2) is 18.2 Å². The highest BCUT2D eigenvalue weighted by atomic mass is 32.2. The van der Waals surface area contributed by atoms with E-state index < -0.39 is 16.1 Å². The number of benzene rings is 1. The van der Waals surface area contributed by atoms with Gasteiger partial charge < -0.3 is 10.6 Å². The number of nitrogens with two attached hydrogens (primary N) is 1. The summed E-state index contributed by atoms with van der Waals surface area (Å²) < 4.78 is 25.0. The summed E-state index contributed by atoms with van der Waals surface area (Å²) in [5, 5.41) is 0. The van der Waals surface area contributed by atoms with Gasteiger partial charge in [0.2, 0.25) is 10.0 Å². The number of nitrogens with zero attached hydrogens (tertiary/aromatic N) is 1. The third-order valence-corrected chi connectivity index (χ3v) is 3.46. The number of rotatable bonds is 2. The number of sulfonamides is 1. The van der Waals surface area contributed by atoms with Gasteiger partial charge in [0.25, 0.3) is 0 Å². The highest BCUT2D eigenvalue weighted by Crippen LogP contribution is 2.26. The van der Waals surface area contributed by atoms with Crippen LogP contribution >= 0.6 is 0 Å². The molecule has 0 saturated heterocycles. The van der Waals surface area contributed by atoms with E-state index in [0.29, 0.717) is 25.2 Å². The number of anilines is 1. The van der Waals surface area contributed by atoms with E-state index in [4.69, 9.17) is 5.73 Å². The van der Waals surface area contributed by atoms with Gasteiger partial charge in [0, 0.05) is 13.1 Å². The lowest BCUT2D eigenvalue weighted by molar-refractivity contribution is 0.202. The average Bonchev–Trinajstić information content (AvgIpc) is 2.26. The third kappa shape index (κ3) is 2.73. The summed E-state index contributed by atoms with van der Waals surface area (Å²) in [6.45, 7) is 0.925. The molecule has 0 fully saturated rings. The molecule has 1 aromatic carbocycles. The van der Waals surface area contributed by atoms with E-state index >= 15 is 0 Å². The molecule has 0 saturated carbocycles. The Hall–Kier alpha value is -1.76. The molecule has 0 radical (unpaired) electrons. The van der Waals surface area contributed by atoms with Gasteiger partial charge in [-0.25, -0.2) is 13.2 Å². The number of primary amides is 1. The van der Waals surface area contributed by atoms with Gasteiger partial charge in [-0.15, -0.1) is 0 Å². The van der Waals surface area contributed by atoms with Gasteiger partial charge in [0.05, 0.1) is 11.9 Å². The number of nitrogens with one attached hydrogen (secondary N) is 1. The van der Waals surface area contributed by atoms with Crippen LogP contribution in [0.3, 0.4) is 0 Å². The van der Waals surface area contributed by atoms with Crippen molar-refractivity contribution in [1.82, 2.24) is 4.90 Å². The predicted octanol–water partition coefficient (Wildman–Crippen LogP) is 0.495. The van der Waals surface area contributed by atoms with Crippen molar-refractivity contribution in [1.29, 1.82) is 0 Å². The quantitative estimate of drug-likeness (QED) is 0.818. The molecule has 0 spiro atoms. The van der Waals surface area contributed by atoms with Crippen molar-refractivity contribution in [2.45, 2.75) is 13.0 Å². The molecular formula is C11H15N3O3S. The summed E-state index contributed by atoms with van der Waals surface area (Å²) >= 11 is 0. The summed E-state index contributed by atoms with van der Waals surface area (Å²) in [6, 6.07) is 4.90. The van der Waals surface area contributed by atoms with Crippen molar-refractivity contribution in [3.05, 3.63) is 29.3 Å². The third-order valence-electron chi connectivity index (χ3n) is 2.87. The van der Waals surface area contributed by atoms with Gasteiger partial charge in [-0.1, -0.05) is 12.1 Å². The second-order valence-corrected chi connectivity index (χ2v) is 6.08. The van der Waals surface area contributed by atoms with Crippen LogP contribution in [0.1, 0.15) is 11.1 Å². The van der Waals surface area contributed by atoms with Gasteiger partial charge in [-0.3, -0.25) is 4.72 Å². The summed E-state index contributed by atoms with van der Waals surface area (Å²) in [7, 11) is -3.30. The van der Waals surface area contributed by atoms with E-state index in [-0.39, 0.29) is 0 Å². The Morgan fingerprint density at radius 3 is 2.78 bits per heavy atom. The van der Waals surface area contributed by atoms with Crippen molar-refractivity contribution < 1.29 is 13.2 Å². The lowest BCUT2D eigenvalue weighted by Crippen LogP contribution is -2.39. The first-order chi connectivity index (χ1) is 8.37. The van der Waals surface area contributed by atoms with Crippen LogP contribution in [0.4, 0.5) is 10.5 Å². The first kappa shape index (κ1) is 12.7. The molecule has 1 aliphatic heterocycles. The molecule has 6 nitrogen and oxygen atoms in total. The molecule has 7 heteroatoms. The zero-order valence-electron chi connectivity index (χ0n) is 10.0. The second-order valence-electron chi connectivity index (χ2n) is 4.33. The number of fused-ring (bicyclic) bond motifs is 1. The fourth-order valence-electron chi connectivity index (χ4n) is 2.09. The Labute approximate surface area is 106 Å². The maximum atomic E-state index is 11.3. The van der Waals surface area contributed by atoms with E-state index in [1.165, 1.54) is 4.90 Å². The molecule has 1 heterocycles. The molecule has 98 valence electrons. The summed E-state index contributed by atoms with van der Waals surface area (Å²) in [4.78, 5) is 12.6. The normalized spacial score (nSPS) is 15.1. The number of urea groups is 1. The molecular weight excluding hydrogens is 254 g/mol. The van der Waals surface area contributed by atoms with E-state index in [2.05, 4.69) is 4.72 Å². The maximum Gasteiger partial charge on any atom is 0.315 e. The number of carbonyl (C=O) groups is 1. The lowest BCUT2D eigenvalue weighted by atomic mass is 9.98. The zero-order chi connectivity index (χ0) is 13.3. The molecule has 0 unspecified atom stereocenters. The number of hydrogen-bond donors (Lipinski definition) is 2. The van der Waals surface area contributed by atoms with Crippen LogP contribution in [0.25, 0.3) is 0 Å². The molecule has 3 N–H and O–H groups in total. The van der Waals surface area contributed by atoms with Gasteiger partial charge >= 0.3 is 6.03 Å². The Morgan fingerprint density at radius 1 is 1.44 bits per heavy atom. The molecule has 1 aliphatic rings. The fraction of sp³-hybridized carbons (Fsp3) is 0.364. The smallest absolute Gasteiger partial charge is 0.315 e. The van der Waals surface area contributed by atoms with Crippen molar-refractivity contribution >= 4 is 21.7 Å². The average molecular weight is 269 g/mol. The SMILES string of the molecule is CS(=O)(=O)Nc1cccc2c1CCN(C(N)=O)C2. The second kappa shape index (κ2) is 4.49. The summed E-state index contributed by atoms with van der Waals surface area (Å²) in [5.74, 6) is 0. The van der Waals surface area contributed by atoms with Crippen LogP contribution in [-0.2, 0) is 23.0 Å². The van der Waals surface area contributed by atoms with Crippen LogP contribution in [-0.4, -0.2) is 32.1 Å². The highest BCUT2D eigenvalue weighted by Gasteiger charge is 2.21. The number of hydrogen-bond acceptors (Lipinski definition) is 3. The lowest BCUT2D eigenvalue weighted by Gasteiger charge is -2.28. The van der Waals surface area contributed by atoms with Crippen molar-refractivity contribution in [3.63, 3.8) is 0 Å². The Kier molecular flexibility index (Phi) is 3.16. The van der Waals surface area contributed by atoms with Crippen molar-refractivity contribution in [2.24, 2.45) is 5.73 Å². The number of carbonyl (C=O) groups excluding carboxylic acids is 1. The Balaban J connectivity index is 2.33. The molecule has 1 aromatic rings. The molecule has 2 rings (SSSR count). The first-order valence-electron chi connectivity index (χ1n) is 5.50. The highest BCUT2D eigenvalue weighted by molar-refractivity contribution is 7.92. The van der Waals surface area contributed by atoms with Crippen molar-refractivity contribution in [2.75, 3.05) is 17.5 Å². The fourth-order valence-corrected chi connectivity index (χ4v) is 2.68. The van der Waals surface area contributed by atoms with Gasteiger partial charge in [-0.05, 0) is 23.6 Å². The minimum absolute atomic E-state index is 0.421. The van der Waals surface area contributed by atoms with Crippen LogP contribution < -0.4 is 10.5 Å². The standard InChI is InChI=1S/C11H15N3O3S/c1-18(16,17)13-10-4-2-3-8-7-14(11(12)15)6-5-9(8)10/h2-4,13H,5-7H2,1H3,(H2,12,15). The monoisotopic (exact) mass is 269 g/mol. The molecule has 18 heavy (non-hydrogen) atoms. The summed E-state index contributed by atoms with van der Waals surface area (Å²) in [6.07, 6.45) is 1.71.